The van der Waals surface area contributed by atoms with Gasteiger partial charge in [0.25, 0.3) is 0 Å². The maximum absolute atomic E-state index is 10.3. The fourth-order valence-corrected chi connectivity index (χ4v) is 2.74. The minimum absolute atomic E-state index is 0.197. The van der Waals surface area contributed by atoms with Crippen LogP contribution in [0.5, 0.6) is 17.2 Å². The maximum Gasteiger partial charge on any atom is 0.134 e. The third-order valence-electron chi connectivity index (χ3n) is 3.85. The zero-order valence-corrected chi connectivity index (χ0v) is 14.4. The molecular weight excluding hydrogens is 272 g/mol. The molecule has 2 aromatic rings. The highest BCUT2D eigenvalue weighted by atomic mass is 16.5. The van der Waals surface area contributed by atoms with Gasteiger partial charge >= 0.3 is 0 Å². The minimum Gasteiger partial charge on any atom is -0.508 e. The van der Waals surface area contributed by atoms with Gasteiger partial charge in [-0.1, -0.05) is 39.8 Å². The Morgan fingerprint density at radius 1 is 0.818 bits per heavy atom. The van der Waals surface area contributed by atoms with Gasteiger partial charge in [-0.15, -0.1) is 0 Å². The summed E-state index contributed by atoms with van der Waals surface area (Å²) in [4.78, 5) is 0. The number of hydrogen-bond donors (Lipinski definition) is 1. The van der Waals surface area contributed by atoms with E-state index in [0.717, 1.165) is 22.6 Å². The molecule has 0 amide bonds. The summed E-state index contributed by atoms with van der Waals surface area (Å²) >= 11 is 0. The number of rotatable bonds is 4. The van der Waals surface area contributed by atoms with Gasteiger partial charge in [0.1, 0.15) is 17.2 Å². The summed E-state index contributed by atoms with van der Waals surface area (Å²) in [6, 6.07) is 10.1. The van der Waals surface area contributed by atoms with Gasteiger partial charge in [-0.3, -0.25) is 0 Å². The molecule has 0 bridgehead atoms. The highest BCUT2D eigenvalue weighted by Gasteiger charge is 2.17. The molecule has 0 aromatic heterocycles. The van der Waals surface area contributed by atoms with Gasteiger partial charge in [-0.2, -0.15) is 0 Å². The van der Waals surface area contributed by atoms with E-state index in [1.807, 2.05) is 13.0 Å². The molecule has 2 aromatic carbocycles. The molecule has 2 rings (SSSR count). The molecule has 0 radical (unpaired) electrons. The molecule has 0 saturated heterocycles. The van der Waals surface area contributed by atoms with E-state index >= 15 is 0 Å². The Morgan fingerprint density at radius 3 is 2.05 bits per heavy atom. The van der Waals surface area contributed by atoms with Gasteiger partial charge < -0.3 is 9.84 Å². The van der Waals surface area contributed by atoms with Crippen molar-refractivity contribution in [2.75, 3.05) is 0 Å². The number of aryl methyl sites for hydroxylation is 2. The van der Waals surface area contributed by atoms with Crippen LogP contribution in [-0.4, -0.2) is 5.11 Å². The van der Waals surface area contributed by atoms with Crippen LogP contribution in [0.4, 0.5) is 0 Å². The van der Waals surface area contributed by atoms with Crippen LogP contribution in [0.3, 0.4) is 0 Å². The van der Waals surface area contributed by atoms with E-state index in [-0.39, 0.29) is 5.92 Å². The van der Waals surface area contributed by atoms with Gasteiger partial charge in [0.2, 0.25) is 0 Å². The van der Waals surface area contributed by atoms with Crippen LogP contribution in [-0.2, 0) is 0 Å². The monoisotopic (exact) mass is 298 g/mol. The minimum atomic E-state index is 0.197. The first-order valence-electron chi connectivity index (χ1n) is 7.91. The average Bonchev–Trinajstić information content (AvgIpc) is 2.36. The molecule has 0 saturated carbocycles. The standard InChI is InChI=1S/C20H26O2/c1-12(2)16-8-7-14(5)10-18(16)22-19-11-15(6)9-17(21)20(19)13(3)4/h7-13,21H,1-6H3. The smallest absolute Gasteiger partial charge is 0.134 e. The van der Waals surface area contributed by atoms with Crippen LogP contribution in [0.25, 0.3) is 0 Å². The molecule has 0 fully saturated rings. The van der Waals surface area contributed by atoms with Gasteiger partial charge in [0, 0.05) is 5.56 Å². The van der Waals surface area contributed by atoms with E-state index in [9.17, 15) is 5.11 Å². The Morgan fingerprint density at radius 2 is 1.45 bits per heavy atom. The molecule has 0 spiro atoms. The summed E-state index contributed by atoms with van der Waals surface area (Å²) in [5.74, 6) is 2.52. The van der Waals surface area contributed by atoms with Crippen LogP contribution >= 0.6 is 0 Å². The van der Waals surface area contributed by atoms with Crippen molar-refractivity contribution < 1.29 is 9.84 Å². The first-order valence-corrected chi connectivity index (χ1v) is 7.91. The second-order valence-electron chi connectivity index (χ2n) is 6.65. The van der Waals surface area contributed by atoms with Crippen molar-refractivity contribution in [2.45, 2.75) is 53.4 Å². The molecule has 2 nitrogen and oxygen atoms in total. The Labute approximate surface area is 133 Å². The number of aromatic hydroxyl groups is 1. The van der Waals surface area contributed by atoms with Crippen LogP contribution in [0, 0.1) is 13.8 Å². The number of benzene rings is 2. The molecule has 0 aliphatic heterocycles. The second-order valence-corrected chi connectivity index (χ2v) is 6.65. The third-order valence-corrected chi connectivity index (χ3v) is 3.85. The van der Waals surface area contributed by atoms with E-state index in [4.69, 9.17) is 4.74 Å². The van der Waals surface area contributed by atoms with E-state index in [1.54, 1.807) is 6.07 Å². The van der Waals surface area contributed by atoms with E-state index < -0.39 is 0 Å². The number of ether oxygens (including phenoxy) is 1. The van der Waals surface area contributed by atoms with Gasteiger partial charge in [0.15, 0.2) is 0 Å². The summed E-state index contributed by atoms with van der Waals surface area (Å²) in [5, 5.41) is 10.3. The van der Waals surface area contributed by atoms with E-state index in [2.05, 4.69) is 52.8 Å². The van der Waals surface area contributed by atoms with Gasteiger partial charge in [-0.25, -0.2) is 0 Å². The Balaban J connectivity index is 2.54. The molecule has 22 heavy (non-hydrogen) atoms. The first-order chi connectivity index (χ1) is 10.3. The summed E-state index contributed by atoms with van der Waals surface area (Å²) < 4.78 is 6.25. The lowest BCUT2D eigenvalue weighted by Crippen LogP contribution is -1.99. The third kappa shape index (κ3) is 3.44. The predicted molar refractivity (Wildman–Crippen MR) is 92.3 cm³/mol. The van der Waals surface area contributed by atoms with Crippen molar-refractivity contribution in [3.8, 4) is 17.2 Å². The summed E-state index contributed by atoms with van der Waals surface area (Å²) in [6.07, 6.45) is 0. The van der Waals surface area contributed by atoms with Crippen LogP contribution in [0.15, 0.2) is 30.3 Å². The van der Waals surface area contributed by atoms with Crippen molar-refractivity contribution in [1.29, 1.82) is 0 Å². The highest BCUT2D eigenvalue weighted by molar-refractivity contribution is 5.51. The zero-order chi connectivity index (χ0) is 16.4. The normalized spacial score (nSPS) is 11.3. The Kier molecular flexibility index (Phi) is 4.80. The SMILES string of the molecule is Cc1ccc(C(C)C)c(Oc2cc(C)cc(O)c2C(C)C)c1. The maximum atomic E-state index is 10.3. The van der Waals surface area contributed by atoms with Crippen LogP contribution in [0.2, 0.25) is 0 Å². The summed E-state index contributed by atoms with van der Waals surface area (Å²) in [5.41, 5.74) is 4.21. The molecule has 0 aliphatic carbocycles. The quantitative estimate of drug-likeness (QED) is 0.744. The fourth-order valence-electron chi connectivity index (χ4n) is 2.74. The fraction of sp³-hybridized carbons (Fsp3) is 0.400. The highest BCUT2D eigenvalue weighted by Crippen LogP contribution is 2.40. The molecule has 118 valence electrons. The molecular formula is C20H26O2. The molecule has 0 atom stereocenters. The Bertz CT molecular complexity index is 670. The summed E-state index contributed by atoms with van der Waals surface area (Å²) in [6.45, 7) is 12.5. The molecule has 0 unspecified atom stereocenters. The molecule has 1 N–H and O–H groups in total. The zero-order valence-electron chi connectivity index (χ0n) is 14.4. The predicted octanol–water partition coefficient (Wildman–Crippen LogP) is 6.05. The lowest BCUT2D eigenvalue weighted by molar-refractivity contribution is 0.434. The van der Waals surface area contributed by atoms with Crippen LogP contribution < -0.4 is 4.74 Å². The van der Waals surface area contributed by atoms with E-state index in [0.29, 0.717) is 11.7 Å². The lowest BCUT2D eigenvalue weighted by Gasteiger charge is -2.19. The van der Waals surface area contributed by atoms with Gasteiger partial charge in [-0.05, 0) is 60.6 Å². The lowest BCUT2D eigenvalue weighted by atomic mass is 9.98. The second kappa shape index (κ2) is 6.43. The van der Waals surface area contributed by atoms with Crippen LogP contribution in [0.1, 0.15) is 61.8 Å². The number of hydrogen-bond acceptors (Lipinski definition) is 2. The van der Waals surface area contributed by atoms with Crippen molar-refractivity contribution in [2.24, 2.45) is 0 Å². The molecule has 0 aliphatic rings. The molecule has 0 heterocycles. The largest absolute Gasteiger partial charge is 0.508 e. The van der Waals surface area contributed by atoms with Crippen molar-refractivity contribution >= 4 is 0 Å². The Hall–Kier alpha value is -1.96. The van der Waals surface area contributed by atoms with Crippen molar-refractivity contribution in [1.82, 2.24) is 0 Å². The van der Waals surface area contributed by atoms with Gasteiger partial charge in [0.05, 0.1) is 0 Å². The molecule has 2 heteroatoms. The topological polar surface area (TPSA) is 29.5 Å². The van der Waals surface area contributed by atoms with Crippen molar-refractivity contribution in [3.05, 3.63) is 52.6 Å². The van der Waals surface area contributed by atoms with Crippen molar-refractivity contribution in [3.63, 3.8) is 0 Å². The average molecular weight is 298 g/mol. The number of phenols is 1. The summed E-state index contributed by atoms with van der Waals surface area (Å²) in [7, 11) is 0. The number of phenolic OH excluding ortho intramolecular Hbond substituents is 1. The first kappa shape index (κ1) is 16.4. The van der Waals surface area contributed by atoms with E-state index in [1.165, 1.54) is 11.1 Å².